The molecule has 3 nitrogen and oxygen atoms in total. The van der Waals surface area contributed by atoms with Crippen molar-refractivity contribution in [3.05, 3.63) is 102 Å². The quantitative estimate of drug-likeness (QED) is 0.442. The van der Waals surface area contributed by atoms with Crippen LogP contribution in [-0.4, -0.2) is 5.97 Å². The smallest absolute Gasteiger partial charge is 0.316 e. The van der Waals surface area contributed by atoms with Gasteiger partial charge in [-0.15, -0.1) is 0 Å². The number of carbonyl (C=O) groups is 1. The van der Waals surface area contributed by atoms with Crippen molar-refractivity contribution in [2.24, 2.45) is 0 Å². The van der Waals surface area contributed by atoms with Gasteiger partial charge in [-0.2, -0.15) is 0 Å². The van der Waals surface area contributed by atoms with E-state index in [1.54, 1.807) is 0 Å². The highest BCUT2D eigenvalue weighted by molar-refractivity contribution is 5.83. The van der Waals surface area contributed by atoms with E-state index in [1.807, 2.05) is 84.9 Å². The maximum Gasteiger partial charge on any atom is 0.316 e. The number of benzene rings is 3. The standard InChI is InChI=1S/C27H28O3/c28-26(30-21-23-12-6-2-7-13-23)27(18-8-3-9-19-27)24-14-16-25(17-15-24)29-20-22-10-4-1-5-11-22/h1-2,4-7,10-17H,3,8-9,18-21H2. The Kier molecular flexibility index (Phi) is 6.48. The van der Waals surface area contributed by atoms with Gasteiger partial charge in [0.2, 0.25) is 0 Å². The number of rotatable bonds is 7. The minimum Gasteiger partial charge on any atom is -0.489 e. The topological polar surface area (TPSA) is 35.5 Å². The number of hydrogen-bond donors (Lipinski definition) is 0. The third kappa shape index (κ3) is 4.73. The van der Waals surface area contributed by atoms with Crippen molar-refractivity contribution in [1.29, 1.82) is 0 Å². The Hall–Kier alpha value is -3.07. The van der Waals surface area contributed by atoms with Crippen molar-refractivity contribution >= 4 is 5.97 Å². The number of ether oxygens (including phenoxy) is 2. The molecule has 0 heterocycles. The van der Waals surface area contributed by atoms with Gasteiger partial charge in [0.1, 0.15) is 19.0 Å². The summed E-state index contributed by atoms with van der Waals surface area (Å²) in [6.07, 6.45) is 4.95. The molecular weight excluding hydrogens is 372 g/mol. The van der Waals surface area contributed by atoms with Crippen molar-refractivity contribution in [2.75, 3.05) is 0 Å². The van der Waals surface area contributed by atoms with Gasteiger partial charge in [0.25, 0.3) is 0 Å². The van der Waals surface area contributed by atoms with Crippen LogP contribution in [0.5, 0.6) is 5.75 Å². The van der Waals surface area contributed by atoms with Gasteiger partial charge >= 0.3 is 5.97 Å². The molecule has 0 bridgehead atoms. The van der Waals surface area contributed by atoms with Gasteiger partial charge in [0, 0.05) is 0 Å². The van der Waals surface area contributed by atoms with E-state index in [9.17, 15) is 4.79 Å². The zero-order chi connectivity index (χ0) is 20.7. The van der Waals surface area contributed by atoms with E-state index in [4.69, 9.17) is 9.47 Å². The second-order valence-electron chi connectivity index (χ2n) is 8.00. The Balaban J connectivity index is 1.46. The molecule has 0 aliphatic heterocycles. The number of carbonyl (C=O) groups excluding carboxylic acids is 1. The lowest BCUT2D eigenvalue weighted by Crippen LogP contribution is -2.39. The SMILES string of the molecule is O=C(OCc1ccccc1)C1(c2ccc(OCc3ccccc3)cc2)CCCCC1. The Morgan fingerprint density at radius 3 is 1.87 bits per heavy atom. The van der Waals surface area contributed by atoms with E-state index < -0.39 is 5.41 Å². The number of esters is 1. The Labute approximate surface area is 178 Å². The molecule has 0 spiro atoms. The van der Waals surface area contributed by atoms with Crippen molar-refractivity contribution in [3.63, 3.8) is 0 Å². The van der Waals surface area contributed by atoms with E-state index in [0.29, 0.717) is 13.2 Å². The Morgan fingerprint density at radius 2 is 1.27 bits per heavy atom. The molecule has 1 aliphatic carbocycles. The van der Waals surface area contributed by atoms with Gasteiger partial charge in [0.05, 0.1) is 5.41 Å². The molecule has 4 rings (SSSR count). The lowest BCUT2D eigenvalue weighted by Gasteiger charge is -2.35. The van der Waals surface area contributed by atoms with E-state index >= 15 is 0 Å². The normalized spacial score (nSPS) is 15.3. The van der Waals surface area contributed by atoms with E-state index in [0.717, 1.165) is 48.1 Å². The second-order valence-corrected chi connectivity index (χ2v) is 8.00. The summed E-state index contributed by atoms with van der Waals surface area (Å²) in [6.45, 7) is 0.851. The molecule has 0 unspecified atom stereocenters. The van der Waals surface area contributed by atoms with Crippen LogP contribution in [0.1, 0.15) is 48.8 Å². The third-order valence-electron chi connectivity index (χ3n) is 5.97. The van der Waals surface area contributed by atoms with Crippen molar-refractivity contribution in [2.45, 2.75) is 50.7 Å². The van der Waals surface area contributed by atoms with E-state index in [2.05, 4.69) is 0 Å². The molecular formula is C27H28O3. The predicted octanol–water partition coefficient (Wildman–Crippen LogP) is 6.21. The average molecular weight is 401 g/mol. The van der Waals surface area contributed by atoms with Gasteiger partial charge in [-0.1, -0.05) is 92.1 Å². The molecule has 1 fully saturated rings. The maximum absolute atomic E-state index is 13.2. The van der Waals surface area contributed by atoms with Gasteiger partial charge in [-0.3, -0.25) is 4.79 Å². The Morgan fingerprint density at radius 1 is 0.700 bits per heavy atom. The molecule has 3 heteroatoms. The summed E-state index contributed by atoms with van der Waals surface area (Å²) >= 11 is 0. The van der Waals surface area contributed by atoms with Crippen LogP contribution in [-0.2, 0) is 28.2 Å². The van der Waals surface area contributed by atoms with Crippen LogP contribution in [0.3, 0.4) is 0 Å². The molecule has 3 aromatic carbocycles. The summed E-state index contributed by atoms with van der Waals surface area (Å²) in [5.74, 6) is 0.704. The molecule has 0 atom stereocenters. The van der Waals surface area contributed by atoms with Crippen LogP contribution in [0, 0.1) is 0 Å². The largest absolute Gasteiger partial charge is 0.489 e. The fraction of sp³-hybridized carbons (Fsp3) is 0.296. The molecule has 0 amide bonds. The maximum atomic E-state index is 13.2. The molecule has 0 N–H and O–H groups in total. The lowest BCUT2D eigenvalue weighted by molar-refractivity contribution is -0.153. The summed E-state index contributed by atoms with van der Waals surface area (Å²) in [7, 11) is 0. The summed E-state index contributed by atoms with van der Waals surface area (Å²) in [5.41, 5.74) is 2.63. The predicted molar refractivity (Wildman–Crippen MR) is 118 cm³/mol. The highest BCUT2D eigenvalue weighted by Gasteiger charge is 2.42. The molecule has 0 aromatic heterocycles. The summed E-state index contributed by atoms with van der Waals surface area (Å²) in [6, 6.07) is 28.0. The fourth-order valence-corrected chi connectivity index (χ4v) is 4.24. The minimum absolute atomic E-state index is 0.107. The molecule has 154 valence electrons. The van der Waals surface area contributed by atoms with Crippen LogP contribution in [0.25, 0.3) is 0 Å². The zero-order valence-electron chi connectivity index (χ0n) is 17.3. The summed E-state index contributed by atoms with van der Waals surface area (Å²) in [4.78, 5) is 13.2. The first kappa shape index (κ1) is 20.2. The third-order valence-corrected chi connectivity index (χ3v) is 5.97. The molecule has 30 heavy (non-hydrogen) atoms. The van der Waals surface area contributed by atoms with E-state index in [1.165, 1.54) is 6.42 Å². The van der Waals surface area contributed by atoms with Crippen LogP contribution < -0.4 is 4.74 Å². The lowest BCUT2D eigenvalue weighted by atomic mass is 9.69. The summed E-state index contributed by atoms with van der Waals surface area (Å²) in [5, 5.41) is 0. The molecule has 3 aromatic rings. The fourth-order valence-electron chi connectivity index (χ4n) is 4.24. The van der Waals surface area contributed by atoms with Crippen LogP contribution in [0.4, 0.5) is 0 Å². The molecule has 0 radical (unpaired) electrons. The highest BCUT2D eigenvalue weighted by Crippen LogP contribution is 2.41. The van der Waals surface area contributed by atoms with Gasteiger partial charge in [-0.05, 0) is 41.7 Å². The second kappa shape index (κ2) is 9.62. The van der Waals surface area contributed by atoms with Crippen LogP contribution in [0.15, 0.2) is 84.9 Å². The van der Waals surface area contributed by atoms with Gasteiger partial charge in [0.15, 0.2) is 0 Å². The summed E-state index contributed by atoms with van der Waals surface area (Å²) < 4.78 is 11.7. The van der Waals surface area contributed by atoms with Crippen LogP contribution >= 0.6 is 0 Å². The average Bonchev–Trinajstić information content (AvgIpc) is 2.83. The minimum atomic E-state index is -0.551. The van der Waals surface area contributed by atoms with Gasteiger partial charge < -0.3 is 9.47 Å². The van der Waals surface area contributed by atoms with E-state index in [-0.39, 0.29) is 5.97 Å². The number of hydrogen-bond acceptors (Lipinski definition) is 3. The van der Waals surface area contributed by atoms with Crippen LogP contribution in [0.2, 0.25) is 0 Å². The monoisotopic (exact) mass is 400 g/mol. The van der Waals surface area contributed by atoms with Gasteiger partial charge in [-0.25, -0.2) is 0 Å². The molecule has 1 saturated carbocycles. The van der Waals surface area contributed by atoms with Crippen molar-refractivity contribution in [3.8, 4) is 5.75 Å². The first-order chi connectivity index (χ1) is 14.8. The first-order valence-electron chi connectivity index (χ1n) is 10.7. The highest BCUT2D eigenvalue weighted by atomic mass is 16.5. The molecule has 0 saturated heterocycles. The Bertz CT molecular complexity index is 927. The first-order valence-corrected chi connectivity index (χ1v) is 10.7. The van der Waals surface area contributed by atoms with Crippen molar-refractivity contribution in [1.82, 2.24) is 0 Å². The molecule has 1 aliphatic rings. The van der Waals surface area contributed by atoms with Crippen molar-refractivity contribution < 1.29 is 14.3 Å². The zero-order valence-corrected chi connectivity index (χ0v) is 17.3.